The molecule has 1 amide bonds. The quantitative estimate of drug-likeness (QED) is 0.896. The highest BCUT2D eigenvalue weighted by Crippen LogP contribution is 2.24. The van der Waals surface area contributed by atoms with Crippen LogP contribution < -0.4 is 5.14 Å². The predicted octanol–water partition coefficient (Wildman–Crippen LogP) is 2.17. The number of amides is 1. The predicted molar refractivity (Wildman–Crippen MR) is 94.3 cm³/mol. The summed E-state index contributed by atoms with van der Waals surface area (Å²) in [6.45, 7) is 4.96. The molecule has 0 bridgehead atoms. The number of carbonyl (C=O) groups excluding carboxylic acids is 1. The summed E-state index contributed by atoms with van der Waals surface area (Å²) in [4.78, 5) is 14.7. The molecule has 0 saturated carbocycles. The minimum Gasteiger partial charge on any atom is -0.338 e. The number of sulfonamides is 1. The molecule has 0 radical (unpaired) electrons. The van der Waals surface area contributed by atoms with Gasteiger partial charge in [-0.2, -0.15) is 11.8 Å². The Morgan fingerprint density at radius 1 is 1.39 bits per heavy atom. The van der Waals surface area contributed by atoms with Crippen molar-refractivity contribution in [3.8, 4) is 0 Å². The number of benzene rings is 1. The topological polar surface area (TPSA) is 80.5 Å². The number of piperidine rings is 1. The number of thioether (sulfide) groups is 1. The maximum atomic E-state index is 12.8. The van der Waals surface area contributed by atoms with Gasteiger partial charge < -0.3 is 4.90 Å². The number of nitrogens with zero attached hydrogens (tertiary/aromatic N) is 1. The minimum atomic E-state index is -3.84. The molecule has 0 aliphatic carbocycles. The monoisotopic (exact) mass is 356 g/mol. The molecule has 5 nitrogen and oxygen atoms in total. The summed E-state index contributed by atoms with van der Waals surface area (Å²) in [6, 6.07) is 3.17. The van der Waals surface area contributed by atoms with Crippen LogP contribution in [-0.4, -0.2) is 44.3 Å². The van der Waals surface area contributed by atoms with Crippen LogP contribution in [0.3, 0.4) is 0 Å². The van der Waals surface area contributed by atoms with Crippen molar-refractivity contribution in [1.29, 1.82) is 0 Å². The van der Waals surface area contributed by atoms with E-state index in [9.17, 15) is 13.2 Å². The molecule has 1 saturated heterocycles. The fraction of sp³-hybridized carbons (Fsp3) is 0.562. The molecule has 2 rings (SSSR count). The smallest absolute Gasteiger partial charge is 0.253 e. The van der Waals surface area contributed by atoms with Crippen LogP contribution in [-0.2, 0) is 10.0 Å². The molecule has 7 heteroatoms. The number of aryl methyl sites for hydroxylation is 1. The average molecular weight is 357 g/mol. The molecule has 128 valence electrons. The molecule has 23 heavy (non-hydrogen) atoms. The summed E-state index contributed by atoms with van der Waals surface area (Å²) in [6.07, 6.45) is 4.20. The average Bonchev–Trinajstić information content (AvgIpc) is 2.48. The van der Waals surface area contributed by atoms with Gasteiger partial charge in [0.05, 0.1) is 4.90 Å². The summed E-state index contributed by atoms with van der Waals surface area (Å²) in [5.41, 5.74) is 1.77. The molecule has 1 aromatic carbocycles. The number of carbonyl (C=O) groups is 1. The van der Waals surface area contributed by atoms with E-state index in [1.807, 2.05) is 4.90 Å². The summed E-state index contributed by atoms with van der Waals surface area (Å²) < 4.78 is 23.5. The number of hydrogen-bond acceptors (Lipinski definition) is 4. The van der Waals surface area contributed by atoms with E-state index in [-0.39, 0.29) is 10.8 Å². The summed E-state index contributed by atoms with van der Waals surface area (Å²) in [7, 11) is -3.84. The van der Waals surface area contributed by atoms with Gasteiger partial charge in [-0.25, -0.2) is 13.6 Å². The van der Waals surface area contributed by atoms with Gasteiger partial charge >= 0.3 is 0 Å². The standard InChI is InChI=1S/C16H24N2O3S2/c1-11-7-14(8-15(12(11)2)23(17,20)21)16(19)18-6-4-5-13(9-18)10-22-3/h7-8,13H,4-6,9-10H2,1-3H3,(H2,17,20,21). The van der Waals surface area contributed by atoms with Gasteiger partial charge in [0.15, 0.2) is 0 Å². The number of nitrogens with two attached hydrogens (primary N) is 1. The van der Waals surface area contributed by atoms with Crippen molar-refractivity contribution in [2.45, 2.75) is 31.6 Å². The highest BCUT2D eigenvalue weighted by atomic mass is 32.2. The van der Waals surface area contributed by atoms with E-state index >= 15 is 0 Å². The Balaban J connectivity index is 2.31. The largest absolute Gasteiger partial charge is 0.338 e. The van der Waals surface area contributed by atoms with Crippen LogP contribution in [0.2, 0.25) is 0 Å². The molecule has 1 aliphatic heterocycles. The first kappa shape index (κ1) is 18.3. The highest BCUT2D eigenvalue weighted by Gasteiger charge is 2.26. The van der Waals surface area contributed by atoms with E-state index < -0.39 is 10.0 Å². The van der Waals surface area contributed by atoms with E-state index in [0.717, 1.165) is 37.2 Å². The molecule has 1 fully saturated rings. The van der Waals surface area contributed by atoms with Crippen LogP contribution in [0.4, 0.5) is 0 Å². The molecule has 1 aliphatic rings. The van der Waals surface area contributed by atoms with E-state index in [4.69, 9.17) is 5.14 Å². The number of likely N-dealkylation sites (tertiary alicyclic amines) is 1. The van der Waals surface area contributed by atoms with Gasteiger partial charge in [0, 0.05) is 18.7 Å². The van der Waals surface area contributed by atoms with Crippen molar-refractivity contribution < 1.29 is 13.2 Å². The second kappa shape index (κ2) is 7.23. The Kier molecular flexibility index (Phi) is 5.75. The SMILES string of the molecule is CSCC1CCCN(C(=O)c2cc(C)c(C)c(S(N)(=O)=O)c2)C1. The first-order valence-corrected chi connectivity index (χ1v) is 10.6. The summed E-state index contributed by atoms with van der Waals surface area (Å²) in [5.74, 6) is 1.44. The fourth-order valence-corrected chi connectivity index (χ4v) is 4.67. The Bertz CT molecular complexity index is 700. The van der Waals surface area contributed by atoms with E-state index in [1.54, 1.807) is 31.7 Å². The van der Waals surface area contributed by atoms with E-state index in [0.29, 0.717) is 17.0 Å². The Morgan fingerprint density at radius 3 is 2.70 bits per heavy atom. The first-order valence-electron chi connectivity index (χ1n) is 7.66. The van der Waals surface area contributed by atoms with Gasteiger partial charge in [-0.1, -0.05) is 0 Å². The van der Waals surface area contributed by atoms with Crippen molar-refractivity contribution in [2.75, 3.05) is 25.1 Å². The van der Waals surface area contributed by atoms with Crippen LogP contribution in [0.15, 0.2) is 17.0 Å². The Hall–Kier alpha value is -1.05. The van der Waals surface area contributed by atoms with Gasteiger partial charge in [-0.15, -0.1) is 0 Å². The fourth-order valence-electron chi connectivity index (χ4n) is 3.05. The van der Waals surface area contributed by atoms with Crippen LogP contribution in [0, 0.1) is 19.8 Å². The van der Waals surface area contributed by atoms with Crippen LogP contribution in [0.25, 0.3) is 0 Å². The molecule has 2 N–H and O–H groups in total. The lowest BCUT2D eigenvalue weighted by molar-refractivity contribution is 0.0685. The number of rotatable bonds is 4. The third-order valence-corrected chi connectivity index (χ3v) is 6.22. The molecule has 1 aromatic rings. The second-order valence-corrected chi connectivity index (χ2v) is 8.62. The highest BCUT2D eigenvalue weighted by molar-refractivity contribution is 7.98. The van der Waals surface area contributed by atoms with Gasteiger partial charge in [0.25, 0.3) is 5.91 Å². The number of primary sulfonamides is 1. The zero-order valence-corrected chi connectivity index (χ0v) is 15.5. The molecular formula is C16H24N2O3S2. The zero-order valence-electron chi connectivity index (χ0n) is 13.8. The zero-order chi connectivity index (χ0) is 17.2. The number of hydrogen-bond donors (Lipinski definition) is 1. The molecule has 0 spiro atoms. The van der Waals surface area contributed by atoms with Crippen molar-refractivity contribution >= 4 is 27.7 Å². The van der Waals surface area contributed by atoms with Crippen molar-refractivity contribution in [2.24, 2.45) is 11.1 Å². The van der Waals surface area contributed by atoms with Gasteiger partial charge in [-0.3, -0.25) is 4.79 Å². The lowest BCUT2D eigenvalue weighted by Crippen LogP contribution is -2.40. The van der Waals surface area contributed by atoms with Crippen molar-refractivity contribution in [3.63, 3.8) is 0 Å². The van der Waals surface area contributed by atoms with E-state index in [2.05, 4.69) is 6.26 Å². The van der Waals surface area contributed by atoms with Crippen LogP contribution >= 0.6 is 11.8 Å². The molecular weight excluding hydrogens is 332 g/mol. The van der Waals surface area contributed by atoms with Crippen LogP contribution in [0.5, 0.6) is 0 Å². The third-order valence-electron chi connectivity index (χ3n) is 4.38. The second-order valence-electron chi connectivity index (χ2n) is 6.18. The Labute approximate surface area is 142 Å². The lowest BCUT2D eigenvalue weighted by atomic mass is 9.98. The summed E-state index contributed by atoms with van der Waals surface area (Å²) in [5, 5.41) is 5.28. The molecule has 0 aromatic heterocycles. The van der Waals surface area contributed by atoms with Crippen molar-refractivity contribution in [1.82, 2.24) is 4.90 Å². The third kappa shape index (κ3) is 4.28. The first-order chi connectivity index (χ1) is 10.7. The molecule has 1 heterocycles. The molecule has 1 atom stereocenters. The summed E-state index contributed by atoms with van der Waals surface area (Å²) >= 11 is 1.79. The molecule has 1 unspecified atom stereocenters. The Morgan fingerprint density at radius 2 is 2.09 bits per heavy atom. The normalized spacial score (nSPS) is 19.0. The van der Waals surface area contributed by atoms with Gasteiger partial charge in [0.2, 0.25) is 10.0 Å². The maximum Gasteiger partial charge on any atom is 0.253 e. The lowest BCUT2D eigenvalue weighted by Gasteiger charge is -2.32. The van der Waals surface area contributed by atoms with E-state index in [1.165, 1.54) is 6.07 Å². The minimum absolute atomic E-state index is 0.0403. The van der Waals surface area contributed by atoms with Gasteiger partial charge in [0.1, 0.15) is 0 Å². The van der Waals surface area contributed by atoms with Crippen molar-refractivity contribution in [3.05, 3.63) is 28.8 Å². The van der Waals surface area contributed by atoms with Gasteiger partial charge in [-0.05, 0) is 67.9 Å². The van der Waals surface area contributed by atoms with Crippen LogP contribution in [0.1, 0.15) is 34.3 Å². The maximum absolute atomic E-state index is 12.8.